The monoisotopic (exact) mass is 158 g/mol. The van der Waals surface area contributed by atoms with Crippen LogP contribution in [-0.4, -0.2) is 11.5 Å². The fourth-order valence-corrected chi connectivity index (χ4v) is 1.48. The molecular weight excluding hydrogens is 140 g/mol. The van der Waals surface area contributed by atoms with E-state index in [1.54, 1.807) is 0 Å². The Kier molecular flexibility index (Phi) is 9.17. The lowest BCUT2D eigenvalue weighted by molar-refractivity contribution is 1.10. The smallest absolute Gasteiger partial charge is 0.00329 e. The van der Waals surface area contributed by atoms with Crippen LogP contribution in [0, 0.1) is 0 Å². The molecule has 0 aromatic carbocycles. The van der Waals surface area contributed by atoms with E-state index in [1.165, 1.54) is 30.8 Å². The molecule has 0 aromatic heterocycles. The molecule has 0 spiro atoms. The van der Waals surface area contributed by atoms with Crippen LogP contribution < -0.4 is 0 Å². The summed E-state index contributed by atoms with van der Waals surface area (Å²) in [5.74, 6) is 2.62. The van der Waals surface area contributed by atoms with Gasteiger partial charge in [-0.1, -0.05) is 26.0 Å². The summed E-state index contributed by atoms with van der Waals surface area (Å²) in [6, 6.07) is 0. The number of thioether (sulfide) groups is 1. The van der Waals surface area contributed by atoms with Gasteiger partial charge in [-0.2, -0.15) is 11.8 Å². The predicted octanol–water partition coefficient (Wildman–Crippen LogP) is 3.49. The van der Waals surface area contributed by atoms with Crippen LogP contribution in [0.25, 0.3) is 0 Å². The van der Waals surface area contributed by atoms with Gasteiger partial charge < -0.3 is 0 Å². The molecule has 0 radical (unpaired) electrons. The summed E-state index contributed by atoms with van der Waals surface area (Å²) in [5, 5.41) is 0. The van der Waals surface area contributed by atoms with Crippen molar-refractivity contribution >= 4 is 11.8 Å². The number of rotatable bonds is 6. The average molecular weight is 158 g/mol. The van der Waals surface area contributed by atoms with Gasteiger partial charge in [0.1, 0.15) is 0 Å². The molecule has 0 bridgehead atoms. The van der Waals surface area contributed by atoms with Gasteiger partial charge in [-0.05, 0) is 30.8 Å². The van der Waals surface area contributed by atoms with Gasteiger partial charge in [0.05, 0.1) is 0 Å². The molecular formula is C9H18S. The van der Waals surface area contributed by atoms with Gasteiger partial charge in [-0.25, -0.2) is 0 Å². The summed E-state index contributed by atoms with van der Waals surface area (Å²) in [5.41, 5.74) is 0. The molecule has 0 nitrogen and oxygen atoms in total. The van der Waals surface area contributed by atoms with E-state index in [9.17, 15) is 0 Å². The number of hydrogen-bond donors (Lipinski definition) is 0. The maximum Gasteiger partial charge on any atom is -0.00329 e. The SMILES string of the molecule is CC/C=C\CCSCCC. The second kappa shape index (κ2) is 9.09. The molecule has 0 aromatic rings. The predicted molar refractivity (Wildman–Crippen MR) is 51.7 cm³/mol. The van der Waals surface area contributed by atoms with Crippen LogP contribution in [0.3, 0.4) is 0 Å². The van der Waals surface area contributed by atoms with E-state index in [4.69, 9.17) is 0 Å². The number of hydrogen-bond acceptors (Lipinski definition) is 1. The highest BCUT2D eigenvalue weighted by atomic mass is 32.2. The van der Waals surface area contributed by atoms with Gasteiger partial charge in [0, 0.05) is 0 Å². The lowest BCUT2D eigenvalue weighted by atomic mass is 10.4. The molecule has 0 heterocycles. The molecule has 0 amide bonds. The van der Waals surface area contributed by atoms with Crippen LogP contribution in [0.1, 0.15) is 33.1 Å². The highest BCUT2D eigenvalue weighted by Gasteiger charge is 1.82. The van der Waals surface area contributed by atoms with Crippen molar-refractivity contribution < 1.29 is 0 Å². The van der Waals surface area contributed by atoms with E-state index in [2.05, 4.69) is 37.8 Å². The quantitative estimate of drug-likeness (QED) is 0.421. The molecule has 60 valence electrons. The molecule has 0 fully saturated rings. The molecule has 0 saturated carbocycles. The van der Waals surface area contributed by atoms with E-state index >= 15 is 0 Å². The first-order valence-corrected chi connectivity index (χ1v) is 5.30. The third-order valence-electron chi connectivity index (χ3n) is 1.18. The minimum Gasteiger partial charge on any atom is -0.162 e. The van der Waals surface area contributed by atoms with Crippen LogP contribution in [-0.2, 0) is 0 Å². The van der Waals surface area contributed by atoms with E-state index in [-0.39, 0.29) is 0 Å². The van der Waals surface area contributed by atoms with Crippen molar-refractivity contribution in [2.75, 3.05) is 11.5 Å². The van der Waals surface area contributed by atoms with Crippen LogP contribution in [0.15, 0.2) is 12.2 Å². The van der Waals surface area contributed by atoms with Crippen molar-refractivity contribution in [2.45, 2.75) is 33.1 Å². The Hall–Kier alpha value is 0.0900. The summed E-state index contributed by atoms with van der Waals surface area (Å²) in [6.07, 6.45) is 8.26. The van der Waals surface area contributed by atoms with E-state index < -0.39 is 0 Å². The largest absolute Gasteiger partial charge is 0.162 e. The van der Waals surface area contributed by atoms with E-state index in [1.807, 2.05) is 0 Å². The summed E-state index contributed by atoms with van der Waals surface area (Å²) in [4.78, 5) is 0. The second-order valence-electron chi connectivity index (χ2n) is 2.28. The fraction of sp³-hybridized carbons (Fsp3) is 0.778. The molecule has 0 N–H and O–H groups in total. The van der Waals surface area contributed by atoms with Crippen LogP contribution in [0.2, 0.25) is 0 Å². The Morgan fingerprint density at radius 1 is 1.10 bits per heavy atom. The Labute approximate surface area is 69.1 Å². The fourth-order valence-electron chi connectivity index (χ4n) is 0.682. The third-order valence-corrected chi connectivity index (χ3v) is 2.40. The van der Waals surface area contributed by atoms with E-state index in [0.717, 1.165) is 0 Å². The van der Waals surface area contributed by atoms with Gasteiger partial charge in [0.25, 0.3) is 0 Å². The Balaban J connectivity index is 2.83. The molecule has 0 aliphatic rings. The lowest BCUT2D eigenvalue weighted by Gasteiger charge is -1.93. The Morgan fingerprint density at radius 3 is 2.50 bits per heavy atom. The zero-order chi connectivity index (χ0) is 7.66. The van der Waals surface area contributed by atoms with Crippen molar-refractivity contribution in [1.29, 1.82) is 0 Å². The average Bonchev–Trinajstić information content (AvgIpc) is 1.97. The maximum absolute atomic E-state index is 2.28. The highest BCUT2D eigenvalue weighted by molar-refractivity contribution is 7.99. The topological polar surface area (TPSA) is 0 Å². The first-order valence-electron chi connectivity index (χ1n) is 4.14. The van der Waals surface area contributed by atoms with Crippen LogP contribution >= 0.6 is 11.8 Å². The first kappa shape index (κ1) is 10.1. The molecule has 10 heavy (non-hydrogen) atoms. The molecule has 1 heteroatoms. The zero-order valence-corrected chi connectivity index (χ0v) is 7.91. The van der Waals surface area contributed by atoms with Crippen LogP contribution in [0.5, 0.6) is 0 Å². The number of allylic oxidation sites excluding steroid dienone is 2. The minimum absolute atomic E-state index is 1.18. The molecule has 0 atom stereocenters. The van der Waals surface area contributed by atoms with Gasteiger partial charge in [-0.3, -0.25) is 0 Å². The van der Waals surface area contributed by atoms with E-state index in [0.29, 0.717) is 0 Å². The van der Waals surface area contributed by atoms with Crippen molar-refractivity contribution in [3.63, 3.8) is 0 Å². The molecule has 0 aliphatic heterocycles. The van der Waals surface area contributed by atoms with Gasteiger partial charge in [0.2, 0.25) is 0 Å². The highest BCUT2D eigenvalue weighted by Crippen LogP contribution is 2.04. The third kappa shape index (κ3) is 8.09. The summed E-state index contributed by atoms with van der Waals surface area (Å²) in [7, 11) is 0. The maximum atomic E-state index is 2.28. The van der Waals surface area contributed by atoms with Crippen molar-refractivity contribution in [3.8, 4) is 0 Å². The first-order chi connectivity index (χ1) is 4.91. The van der Waals surface area contributed by atoms with Crippen molar-refractivity contribution in [3.05, 3.63) is 12.2 Å². The van der Waals surface area contributed by atoms with Crippen molar-refractivity contribution in [1.82, 2.24) is 0 Å². The standard InChI is InChI=1S/C9H18S/c1-3-5-6-7-9-10-8-4-2/h5-6H,3-4,7-9H2,1-2H3/b6-5-. The molecule has 0 aliphatic carbocycles. The lowest BCUT2D eigenvalue weighted by Crippen LogP contribution is -1.78. The normalized spacial score (nSPS) is 11.0. The molecule has 0 unspecified atom stereocenters. The summed E-state index contributed by atoms with van der Waals surface area (Å²) < 4.78 is 0. The van der Waals surface area contributed by atoms with Gasteiger partial charge in [0.15, 0.2) is 0 Å². The molecule has 0 saturated heterocycles. The second-order valence-corrected chi connectivity index (χ2v) is 3.51. The van der Waals surface area contributed by atoms with Gasteiger partial charge >= 0.3 is 0 Å². The zero-order valence-electron chi connectivity index (χ0n) is 7.10. The molecule has 0 rings (SSSR count). The summed E-state index contributed by atoms with van der Waals surface area (Å²) in [6.45, 7) is 4.41. The summed E-state index contributed by atoms with van der Waals surface area (Å²) >= 11 is 2.05. The van der Waals surface area contributed by atoms with Gasteiger partial charge in [-0.15, -0.1) is 0 Å². The Bertz CT molecular complexity index is 76.8. The van der Waals surface area contributed by atoms with Crippen LogP contribution in [0.4, 0.5) is 0 Å². The minimum atomic E-state index is 1.18. The van der Waals surface area contributed by atoms with Crippen molar-refractivity contribution in [2.24, 2.45) is 0 Å². The Morgan fingerprint density at radius 2 is 1.90 bits per heavy atom.